The zero-order valence-electron chi connectivity index (χ0n) is 12.1. The van der Waals surface area contributed by atoms with Crippen LogP contribution in [0.5, 0.6) is 5.75 Å². The molecule has 1 saturated carbocycles. The lowest BCUT2D eigenvalue weighted by Crippen LogP contribution is -2.22. The summed E-state index contributed by atoms with van der Waals surface area (Å²) in [5.74, 6) is 0.799. The van der Waals surface area contributed by atoms with Crippen LogP contribution in [0.15, 0.2) is 36.4 Å². The first-order valence-electron chi connectivity index (χ1n) is 7.37. The number of benzene rings is 2. The quantitative estimate of drug-likeness (QED) is 0.807. The summed E-state index contributed by atoms with van der Waals surface area (Å²) in [5.41, 5.74) is 1.01. The van der Waals surface area contributed by atoms with E-state index in [2.05, 4.69) is 0 Å². The van der Waals surface area contributed by atoms with E-state index < -0.39 is 0 Å². The van der Waals surface area contributed by atoms with Crippen molar-refractivity contribution in [1.82, 2.24) is 0 Å². The Morgan fingerprint density at radius 3 is 2.48 bits per heavy atom. The zero-order chi connectivity index (χ0) is 14.8. The van der Waals surface area contributed by atoms with Gasteiger partial charge >= 0.3 is 0 Å². The van der Waals surface area contributed by atoms with Crippen molar-refractivity contribution in [3.63, 3.8) is 0 Å². The molecule has 0 atom stereocenters. The molecule has 1 aliphatic rings. The van der Waals surface area contributed by atoms with E-state index in [0.29, 0.717) is 19.4 Å². The van der Waals surface area contributed by atoms with Crippen molar-refractivity contribution in [2.24, 2.45) is 0 Å². The molecule has 0 aliphatic heterocycles. The summed E-state index contributed by atoms with van der Waals surface area (Å²) < 4.78 is 5.75. The standard InChI is InChI=1S/C18H18O3/c1-2-21-17-8-7-12-5-3-4-6-16(12)18(17)13-9-14(19)11-15(20)10-13/h3-8,13H,2,9-11H2,1H3. The van der Waals surface area contributed by atoms with Crippen molar-refractivity contribution in [2.45, 2.75) is 32.1 Å². The minimum Gasteiger partial charge on any atom is -0.494 e. The third-order valence-corrected chi connectivity index (χ3v) is 3.98. The Bertz CT molecular complexity index is 687. The van der Waals surface area contributed by atoms with Gasteiger partial charge in [-0.05, 0) is 23.8 Å². The fourth-order valence-corrected chi connectivity index (χ4v) is 3.17. The highest BCUT2D eigenvalue weighted by atomic mass is 16.5. The van der Waals surface area contributed by atoms with Crippen LogP contribution in [0.1, 0.15) is 37.7 Å². The summed E-state index contributed by atoms with van der Waals surface area (Å²) in [4.78, 5) is 23.6. The van der Waals surface area contributed by atoms with Crippen LogP contribution in [0.25, 0.3) is 10.8 Å². The molecule has 0 N–H and O–H groups in total. The molecule has 0 bridgehead atoms. The number of Topliss-reactive ketones (excluding diaryl/α,β-unsaturated/α-hetero) is 2. The highest BCUT2D eigenvalue weighted by molar-refractivity contribution is 6.03. The SMILES string of the molecule is CCOc1ccc2ccccc2c1C1CC(=O)CC(=O)C1. The number of ketones is 2. The van der Waals surface area contributed by atoms with Gasteiger partial charge in [0.1, 0.15) is 17.3 Å². The van der Waals surface area contributed by atoms with Crippen LogP contribution in [0.4, 0.5) is 0 Å². The number of rotatable bonds is 3. The summed E-state index contributed by atoms with van der Waals surface area (Å²) >= 11 is 0. The summed E-state index contributed by atoms with van der Waals surface area (Å²) in [5, 5.41) is 2.19. The van der Waals surface area contributed by atoms with Crippen molar-refractivity contribution in [3.8, 4) is 5.75 Å². The fraction of sp³-hybridized carbons (Fsp3) is 0.333. The molecule has 0 radical (unpaired) electrons. The van der Waals surface area contributed by atoms with Gasteiger partial charge in [-0.25, -0.2) is 0 Å². The highest BCUT2D eigenvalue weighted by Gasteiger charge is 2.29. The van der Waals surface area contributed by atoms with Gasteiger partial charge in [0.25, 0.3) is 0 Å². The Balaban J connectivity index is 2.15. The molecule has 0 saturated heterocycles. The van der Waals surface area contributed by atoms with Gasteiger partial charge in [-0.1, -0.05) is 30.3 Å². The van der Waals surface area contributed by atoms with Crippen LogP contribution in [0, 0.1) is 0 Å². The molecular formula is C18H18O3. The van der Waals surface area contributed by atoms with E-state index in [1.807, 2.05) is 43.3 Å². The van der Waals surface area contributed by atoms with E-state index >= 15 is 0 Å². The number of hydrogen-bond donors (Lipinski definition) is 0. The second-order valence-corrected chi connectivity index (χ2v) is 5.49. The van der Waals surface area contributed by atoms with Crippen molar-refractivity contribution in [1.29, 1.82) is 0 Å². The van der Waals surface area contributed by atoms with Crippen LogP contribution in [0.2, 0.25) is 0 Å². The number of carbonyl (C=O) groups excluding carboxylic acids is 2. The summed E-state index contributed by atoms with van der Waals surface area (Å²) in [6.45, 7) is 2.51. The number of carbonyl (C=O) groups is 2. The van der Waals surface area contributed by atoms with Gasteiger partial charge < -0.3 is 4.74 Å². The normalized spacial score (nSPS) is 16.4. The van der Waals surface area contributed by atoms with Gasteiger partial charge in [-0.3, -0.25) is 9.59 Å². The monoisotopic (exact) mass is 282 g/mol. The molecule has 0 unspecified atom stereocenters. The van der Waals surface area contributed by atoms with E-state index in [1.165, 1.54) is 0 Å². The molecular weight excluding hydrogens is 264 g/mol. The van der Waals surface area contributed by atoms with Crippen molar-refractivity contribution in [3.05, 3.63) is 42.0 Å². The van der Waals surface area contributed by atoms with Gasteiger partial charge in [0.2, 0.25) is 0 Å². The Kier molecular flexibility index (Phi) is 3.74. The number of hydrogen-bond acceptors (Lipinski definition) is 3. The molecule has 3 nitrogen and oxygen atoms in total. The van der Waals surface area contributed by atoms with E-state index in [0.717, 1.165) is 22.1 Å². The minimum atomic E-state index is -0.0635. The maximum Gasteiger partial charge on any atom is 0.140 e. The molecule has 1 aliphatic carbocycles. The van der Waals surface area contributed by atoms with Crippen LogP contribution in [0.3, 0.4) is 0 Å². The van der Waals surface area contributed by atoms with Crippen molar-refractivity contribution >= 4 is 22.3 Å². The predicted molar refractivity (Wildman–Crippen MR) is 81.7 cm³/mol. The Labute approximate surface area is 123 Å². The second kappa shape index (κ2) is 5.68. The predicted octanol–water partition coefficient (Wildman–Crippen LogP) is 3.64. The Hall–Kier alpha value is -2.16. The molecule has 0 amide bonds. The topological polar surface area (TPSA) is 43.4 Å². The minimum absolute atomic E-state index is 0.0339. The molecule has 2 aromatic carbocycles. The summed E-state index contributed by atoms with van der Waals surface area (Å²) in [6, 6.07) is 12.0. The Morgan fingerprint density at radius 2 is 1.76 bits per heavy atom. The maximum absolute atomic E-state index is 11.8. The Morgan fingerprint density at radius 1 is 1.05 bits per heavy atom. The zero-order valence-corrected chi connectivity index (χ0v) is 12.1. The third kappa shape index (κ3) is 2.68. The van der Waals surface area contributed by atoms with Crippen LogP contribution < -0.4 is 4.74 Å². The van der Waals surface area contributed by atoms with Crippen LogP contribution in [-0.4, -0.2) is 18.2 Å². The molecule has 0 aromatic heterocycles. The molecule has 108 valence electrons. The molecule has 0 heterocycles. The largest absolute Gasteiger partial charge is 0.494 e. The maximum atomic E-state index is 11.8. The third-order valence-electron chi connectivity index (χ3n) is 3.98. The molecule has 1 fully saturated rings. The van der Waals surface area contributed by atoms with Crippen LogP contribution in [-0.2, 0) is 9.59 Å². The number of ether oxygens (including phenoxy) is 1. The lowest BCUT2D eigenvalue weighted by atomic mass is 9.80. The smallest absolute Gasteiger partial charge is 0.140 e. The van der Waals surface area contributed by atoms with Crippen molar-refractivity contribution in [2.75, 3.05) is 6.61 Å². The summed E-state index contributed by atoms with van der Waals surface area (Å²) in [6.07, 6.45) is 0.949. The van der Waals surface area contributed by atoms with E-state index in [9.17, 15) is 9.59 Å². The number of fused-ring (bicyclic) bond motifs is 1. The first kappa shape index (κ1) is 13.8. The summed E-state index contributed by atoms with van der Waals surface area (Å²) in [7, 11) is 0. The van der Waals surface area contributed by atoms with Gasteiger partial charge in [0.15, 0.2) is 0 Å². The van der Waals surface area contributed by atoms with E-state index in [1.54, 1.807) is 0 Å². The lowest BCUT2D eigenvalue weighted by Gasteiger charge is -2.24. The van der Waals surface area contributed by atoms with Gasteiger partial charge in [0.05, 0.1) is 13.0 Å². The first-order valence-corrected chi connectivity index (χ1v) is 7.37. The second-order valence-electron chi connectivity index (χ2n) is 5.49. The molecule has 0 spiro atoms. The van der Waals surface area contributed by atoms with E-state index in [4.69, 9.17) is 4.74 Å². The fourth-order valence-electron chi connectivity index (χ4n) is 3.17. The van der Waals surface area contributed by atoms with Gasteiger partial charge in [0, 0.05) is 24.3 Å². The molecule has 2 aromatic rings. The van der Waals surface area contributed by atoms with E-state index in [-0.39, 0.29) is 23.9 Å². The molecule has 3 rings (SSSR count). The average Bonchev–Trinajstić information content (AvgIpc) is 2.46. The van der Waals surface area contributed by atoms with Gasteiger partial charge in [-0.15, -0.1) is 0 Å². The molecule has 3 heteroatoms. The first-order chi connectivity index (χ1) is 10.2. The highest BCUT2D eigenvalue weighted by Crippen LogP contribution is 2.40. The van der Waals surface area contributed by atoms with Crippen LogP contribution >= 0.6 is 0 Å². The lowest BCUT2D eigenvalue weighted by molar-refractivity contribution is -0.130. The van der Waals surface area contributed by atoms with Crippen molar-refractivity contribution < 1.29 is 14.3 Å². The van der Waals surface area contributed by atoms with Gasteiger partial charge in [-0.2, -0.15) is 0 Å². The average molecular weight is 282 g/mol. The molecule has 21 heavy (non-hydrogen) atoms.